The second-order valence-electron chi connectivity index (χ2n) is 9.62. The summed E-state index contributed by atoms with van der Waals surface area (Å²) in [5.41, 5.74) is 4.62. The Morgan fingerprint density at radius 2 is 1.91 bits per heavy atom. The first-order valence-corrected chi connectivity index (χ1v) is 12.1. The molecule has 3 aliphatic rings. The van der Waals surface area contributed by atoms with E-state index in [1.165, 1.54) is 30.5 Å². The van der Waals surface area contributed by atoms with E-state index in [0.29, 0.717) is 30.7 Å². The van der Waals surface area contributed by atoms with Crippen LogP contribution in [0.4, 0.5) is 5.69 Å². The third-order valence-electron chi connectivity index (χ3n) is 7.42. The first-order valence-electron chi connectivity index (χ1n) is 12.1. The largest absolute Gasteiger partial charge is 0.342 e. The summed E-state index contributed by atoms with van der Waals surface area (Å²) in [6.07, 6.45) is 6.39. The van der Waals surface area contributed by atoms with E-state index in [9.17, 15) is 9.59 Å². The van der Waals surface area contributed by atoms with Gasteiger partial charge in [-0.2, -0.15) is 0 Å². The van der Waals surface area contributed by atoms with Gasteiger partial charge in [0.15, 0.2) is 0 Å². The van der Waals surface area contributed by atoms with Crippen molar-refractivity contribution < 1.29 is 9.59 Å². The molecule has 32 heavy (non-hydrogen) atoms. The lowest BCUT2D eigenvalue weighted by Crippen LogP contribution is -2.54. The summed E-state index contributed by atoms with van der Waals surface area (Å²) in [5.74, 6) is 0.981. The molecular formula is C27H33N3O2. The minimum Gasteiger partial charge on any atom is -0.342 e. The molecule has 0 saturated carbocycles. The van der Waals surface area contributed by atoms with Crippen LogP contribution in [0.3, 0.4) is 0 Å². The minimum atomic E-state index is 0.0702. The summed E-state index contributed by atoms with van der Waals surface area (Å²) in [5, 5.41) is 2.88. The summed E-state index contributed by atoms with van der Waals surface area (Å²) in [6.45, 7) is 4.00. The van der Waals surface area contributed by atoms with Gasteiger partial charge in [0, 0.05) is 37.8 Å². The Bertz CT molecular complexity index is 974. The third kappa shape index (κ3) is 4.73. The van der Waals surface area contributed by atoms with E-state index in [2.05, 4.69) is 57.6 Å². The van der Waals surface area contributed by atoms with Crippen molar-refractivity contribution in [2.45, 2.75) is 57.5 Å². The average molecular weight is 432 g/mol. The van der Waals surface area contributed by atoms with Crippen molar-refractivity contribution in [2.75, 3.05) is 25.0 Å². The number of benzene rings is 2. The van der Waals surface area contributed by atoms with Crippen molar-refractivity contribution in [1.29, 1.82) is 0 Å². The average Bonchev–Trinajstić information content (AvgIpc) is 3.19. The molecule has 0 aliphatic carbocycles. The number of hydrogen-bond donors (Lipinski definition) is 1. The Morgan fingerprint density at radius 3 is 2.78 bits per heavy atom. The number of nitrogens with zero attached hydrogens (tertiary/aromatic N) is 2. The lowest BCUT2D eigenvalue weighted by Gasteiger charge is -2.47. The molecule has 5 heteroatoms. The van der Waals surface area contributed by atoms with Crippen LogP contribution in [0.5, 0.6) is 0 Å². The predicted octanol–water partition coefficient (Wildman–Crippen LogP) is 4.02. The fourth-order valence-corrected chi connectivity index (χ4v) is 5.79. The highest BCUT2D eigenvalue weighted by Crippen LogP contribution is 2.32. The van der Waals surface area contributed by atoms with Gasteiger partial charge in [0.1, 0.15) is 0 Å². The Hall–Kier alpha value is -2.66. The molecule has 1 N–H and O–H groups in total. The molecule has 2 aromatic rings. The SMILES string of the molecule is O=C1Cc2cc(CCCC(=O)N3CCC4C(CCCN4Cc4ccccc4)C3)ccc2N1. The van der Waals surface area contributed by atoms with E-state index in [0.717, 1.165) is 50.1 Å². The monoisotopic (exact) mass is 431 g/mol. The van der Waals surface area contributed by atoms with Gasteiger partial charge in [-0.1, -0.05) is 42.5 Å². The van der Waals surface area contributed by atoms with E-state index in [-0.39, 0.29) is 5.91 Å². The molecule has 5 nitrogen and oxygen atoms in total. The van der Waals surface area contributed by atoms with Gasteiger partial charge in [-0.3, -0.25) is 14.5 Å². The van der Waals surface area contributed by atoms with Crippen molar-refractivity contribution in [2.24, 2.45) is 5.92 Å². The van der Waals surface area contributed by atoms with E-state index in [1.54, 1.807) is 0 Å². The van der Waals surface area contributed by atoms with Crippen LogP contribution in [-0.2, 0) is 29.0 Å². The lowest BCUT2D eigenvalue weighted by atomic mass is 9.83. The van der Waals surface area contributed by atoms with Gasteiger partial charge < -0.3 is 10.2 Å². The maximum absolute atomic E-state index is 12.9. The highest BCUT2D eigenvalue weighted by molar-refractivity contribution is 5.99. The van der Waals surface area contributed by atoms with Crippen molar-refractivity contribution >= 4 is 17.5 Å². The predicted molar refractivity (Wildman–Crippen MR) is 126 cm³/mol. The third-order valence-corrected chi connectivity index (χ3v) is 7.42. The molecule has 2 unspecified atom stereocenters. The second-order valence-corrected chi connectivity index (χ2v) is 9.62. The molecule has 0 radical (unpaired) electrons. The number of fused-ring (bicyclic) bond motifs is 2. The first kappa shape index (κ1) is 21.2. The number of carbonyl (C=O) groups excluding carboxylic acids is 2. The second kappa shape index (κ2) is 9.45. The van der Waals surface area contributed by atoms with Crippen LogP contribution >= 0.6 is 0 Å². The number of nitrogens with one attached hydrogen (secondary N) is 1. The van der Waals surface area contributed by atoms with Gasteiger partial charge in [-0.15, -0.1) is 0 Å². The zero-order chi connectivity index (χ0) is 21.9. The molecular weight excluding hydrogens is 398 g/mol. The highest BCUT2D eigenvalue weighted by Gasteiger charge is 2.37. The maximum Gasteiger partial charge on any atom is 0.228 e. The number of amides is 2. The first-order chi connectivity index (χ1) is 15.7. The van der Waals surface area contributed by atoms with Gasteiger partial charge in [0.25, 0.3) is 0 Å². The van der Waals surface area contributed by atoms with Crippen LogP contribution in [0, 0.1) is 5.92 Å². The standard InChI is InChI=1S/C27H33N3O2/c31-26-17-23-16-20(11-12-24(23)28-26)8-4-10-27(32)30-15-13-25-22(19-30)9-5-14-29(25)18-21-6-2-1-3-7-21/h1-3,6-7,11-12,16,22,25H,4-5,8-10,13-15,17-19H2,(H,28,31). The number of aryl methyl sites for hydroxylation is 1. The van der Waals surface area contributed by atoms with Crippen molar-refractivity contribution in [3.8, 4) is 0 Å². The minimum absolute atomic E-state index is 0.0702. The molecule has 2 saturated heterocycles. The summed E-state index contributed by atoms with van der Waals surface area (Å²) >= 11 is 0. The number of anilines is 1. The van der Waals surface area contributed by atoms with Crippen molar-refractivity contribution in [3.63, 3.8) is 0 Å². The summed E-state index contributed by atoms with van der Waals surface area (Å²) in [6, 6.07) is 17.6. The van der Waals surface area contributed by atoms with Crippen molar-refractivity contribution in [1.82, 2.24) is 9.80 Å². The Kier molecular flexibility index (Phi) is 6.26. The summed E-state index contributed by atoms with van der Waals surface area (Å²) in [4.78, 5) is 29.2. The Morgan fingerprint density at radius 1 is 1.03 bits per heavy atom. The fourth-order valence-electron chi connectivity index (χ4n) is 5.79. The topological polar surface area (TPSA) is 52.7 Å². The smallest absolute Gasteiger partial charge is 0.228 e. The van der Waals surface area contributed by atoms with Gasteiger partial charge in [0.05, 0.1) is 6.42 Å². The normalized spacial score (nSPS) is 22.9. The van der Waals surface area contributed by atoms with Crippen LogP contribution in [-0.4, -0.2) is 47.3 Å². The van der Waals surface area contributed by atoms with Crippen LogP contribution in [0.1, 0.15) is 48.8 Å². The number of carbonyl (C=O) groups is 2. The van der Waals surface area contributed by atoms with E-state index < -0.39 is 0 Å². The van der Waals surface area contributed by atoms with Crippen LogP contribution < -0.4 is 5.32 Å². The molecule has 0 aromatic heterocycles. The van der Waals surface area contributed by atoms with Crippen molar-refractivity contribution in [3.05, 3.63) is 65.2 Å². The zero-order valence-electron chi connectivity index (χ0n) is 18.8. The fraction of sp³-hybridized carbons (Fsp3) is 0.481. The lowest BCUT2D eigenvalue weighted by molar-refractivity contribution is -0.135. The van der Waals surface area contributed by atoms with Gasteiger partial charge >= 0.3 is 0 Å². The molecule has 2 atom stereocenters. The molecule has 2 aromatic carbocycles. The molecule has 5 rings (SSSR count). The molecule has 3 aliphatic heterocycles. The van der Waals surface area contributed by atoms with E-state index >= 15 is 0 Å². The number of likely N-dealkylation sites (tertiary alicyclic amines) is 2. The van der Waals surface area contributed by atoms with Gasteiger partial charge in [-0.05, 0) is 67.3 Å². The van der Waals surface area contributed by atoms with E-state index in [4.69, 9.17) is 0 Å². The summed E-state index contributed by atoms with van der Waals surface area (Å²) in [7, 11) is 0. The zero-order valence-corrected chi connectivity index (χ0v) is 18.8. The highest BCUT2D eigenvalue weighted by atomic mass is 16.2. The molecule has 0 spiro atoms. The van der Waals surface area contributed by atoms with Gasteiger partial charge in [0.2, 0.25) is 11.8 Å². The number of rotatable bonds is 6. The maximum atomic E-state index is 12.9. The van der Waals surface area contributed by atoms with Crippen LogP contribution in [0.25, 0.3) is 0 Å². The number of piperidine rings is 2. The molecule has 168 valence electrons. The summed E-state index contributed by atoms with van der Waals surface area (Å²) < 4.78 is 0. The number of hydrogen-bond acceptors (Lipinski definition) is 3. The van der Waals surface area contributed by atoms with Crippen LogP contribution in [0.2, 0.25) is 0 Å². The Balaban J connectivity index is 1.11. The van der Waals surface area contributed by atoms with E-state index in [1.807, 2.05) is 6.07 Å². The quantitative estimate of drug-likeness (QED) is 0.752. The molecule has 2 amide bonds. The Labute approximate surface area is 190 Å². The molecule has 0 bridgehead atoms. The molecule has 2 fully saturated rings. The van der Waals surface area contributed by atoms with Crippen LogP contribution in [0.15, 0.2) is 48.5 Å². The molecule has 3 heterocycles. The van der Waals surface area contributed by atoms with Gasteiger partial charge in [-0.25, -0.2) is 0 Å².